The van der Waals surface area contributed by atoms with Gasteiger partial charge in [0, 0.05) is 38.3 Å². The Morgan fingerprint density at radius 3 is 2.52 bits per heavy atom. The van der Waals surface area contributed by atoms with Crippen molar-refractivity contribution in [1.82, 2.24) is 9.62 Å². The number of nitro benzene ring substituents is 1. The molecule has 1 fully saturated rings. The smallest absolute Gasteiger partial charge is 0.271 e. The van der Waals surface area contributed by atoms with Gasteiger partial charge in [0.1, 0.15) is 22.5 Å². The first-order chi connectivity index (χ1) is 12.9. The second-order valence-corrected chi connectivity index (χ2v) is 7.66. The number of nitro groups is 1. The normalized spacial score (nSPS) is 15.1. The topological polar surface area (TPSA) is 126 Å². The van der Waals surface area contributed by atoms with E-state index in [0.717, 1.165) is 6.07 Å². The van der Waals surface area contributed by atoms with E-state index in [1.807, 2.05) is 6.07 Å². The minimum Gasteiger partial charge on any atom is -0.455 e. The lowest BCUT2D eigenvalue weighted by atomic mass is 10.2. The van der Waals surface area contributed by atoms with Crippen molar-refractivity contribution >= 4 is 15.7 Å². The molecule has 0 unspecified atom stereocenters. The van der Waals surface area contributed by atoms with E-state index in [2.05, 4.69) is 5.32 Å². The molecule has 1 aliphatic heterocycles. The maximum Gasteiger partial charge on any atom is 0.271 e. The maximum absolute atomic E-state index is 13.1. The lowest BCUT2D eigenvalue weighted by Crippen LogP contribution is -2.46. The highest BCUT2D eigenvalue weighted by molar-refractivity contribution is 7.89. The molecule has 140 valence electrons. The zero-order valence-electron chi connectivity index (χ0n) is 14.2. The van der Waals surface area contributed by atoms with E-state index in [1.54, 1.807) is 12.1 Å². The number of piperazine rings is 1. The summed E-state index contributed by atoms with van der Waals surface area (Å²) in [5.41, 5.74) is -0.133. The lowest BCUT2D eigenvalue weighted by Gasteiger charge is -2.27. The van der Waals surface area contributed by atoms with E-state index in [-0.39, 0.29) is 40.7 Å². The van der Waals surface area contributed by atoms with Crippen LogP contribution < -0.4 is 10.1 Å². The molecule has 0 aromatic heterocycles. The number of nitriles is 1. The Morgan fingerprint density at radius 2 is 1.85 bits per heavy atom. The molecule has 1 heterocycles. The molecule has 0 atom stereocenters. The molecule has 1 N–H and O–H groups in total. The van der Waals surface area contributed by atoms with E-state index in [0.29, 0.717) is 13.1 Å². The number of non-ortho nitro benzene ring substituents is 1. The van der Waals surface area contributed by atoms with Crippen LogP contribution in [0.25, 0.3) is 0 Å². The molecule has 1 saturated heterocycles. The molecular formula is C17H16N4O5S. The summed E-state index contributed by atoms with van der Waals surface area (Å²) in [5, 5.41) is 23.4. The third kappa shape index (κ3) is 3.90. The van der Waals surface area contributed by atoms with Crippen LogP contribution in [0, 0.1) is 21.4 Å². The minimum atomic E-state index is -4.01. The Morgan fingerprint density at radius 1 is 1.15 bits per heavy atom. The molecule has 0 saturated carbocycles. The number of rotatable bonds is 5. The zero-order valence-corrected chi connectivity index (χ0v) is 15.0. The van der Waals surface area contributed by atoms with Crippen LogP contribution in [0.15, 0.2) is 47.4 Å². The Balaban J connectivity index is 2.09. The van der Waals surface area contributed by atoms with Crippen LogP contribution >= 0.6 is 0 Å². The molecule has 2 aromatic rings. The van der Waals surface area contributed by atoms with Gasteiger partial charge in [0.25, 0.3) is 5.69 Å². The van der Waals surface area contributed by atoms with Gasteiger partial charge in [-0.1, -0.05) is 12.1 Å². The van der Waals surface area contributed by atoms with Gasteiger partial charge in [-0.05, 0) is 18.2 Å². The van der Waals surface area contributed by atoms with Gasteiger partial charge in [0.15, 0.2) is 0 Å². The van der Waals surface area contributed by atoms with Crippen LogP contribution in [-0.2, 0) is 10.0 Å². The largest absolute Gasteiger partial charge is 0.455 e. The van der Waals surface area contributed by atoms with Gasteiger partial charge in [-0.15, -0.1) is 0 Å². The van der Waals surface area contributed by atoms with E-state index >= 15 is 0 Å². The first-order valence-corrected chi connectivity index (χ1v) is 9.54. The monoisotopic (exact) mass is 388 g/mol. The molecule has 1 aliphatic rings. The number of para-hydroxylation sites is 1. The SMILES string of the molecule is N#Cc1ccccc1Oc1ccc([N+](=O)[O-])cc1S(=O)(=O)N1CCNCC1. The number of hydrogen-bond acceptors (Lipinski definition) is 7. The first-order valence-electron chi connectivity index (χ1n) is 8.10. The second-order valence-electron chi connectivity index (χ2n) is 5.75. The van der Waals surface area contributed by atoms with E-state index in [4.69, 9.17) is 4.74 Å². The Labute approximate surface area is 156 Å². The van der Waals surface area contributed by atoms with Gasteiger partial charge in [0.2, 0.25) is 10.0 Å². The molecule has 9 nitrogen and oxygen atoms in total. The first kappa shape index (κ1) is 18.8. The number of hydrogen-bond donors (Lipinski definition) is 1. The zero-order chi connectivity index (χ0) is 19.4. The van der Waals surface area contributed by atoms with Gasteiger partial charge >= 0.3 is 0 Å². The highest BCUT2D eigenvalue weighted by Crippen LogP contribution is 2.35. The van der Waals surface area contributed by atoms with Crippen molar-refractivity contribution < 1.29 is 18.1 Å². The summed E-state index contributed by atoms with van der Waals surface area (Å²) in [4.78, 5) is 10.2. The average molecular weight is 388 g/mol. The van der Waals surface area contributed by atoms with Crippen LogP contribution in [0.2, 0.25) is 0 Å². The molecule has 10 heteroatoms. The number of nitrogens with one attached hydrogen (secondary N) is 1. The van der Waals surface area contributed by atoms with Crippen LogP contribution in [-0.4, -0.2) is 43.8 Å². The van der Waals surface area contributed by atoms with Gasteiger partial charge in [-0.25, -0.2) is 8.42 Å². The molecule has 3 rings (SSSR count). The average Bonchev–Trinajstić information content (AvgIpc) is 2.69. The van der Waals surface area contributed by atoms with E-state index < -0.39 is 14.9 Å². The summed E-state index contributed by atoms with van der Waals surface area (Å²) in [6.45, 7) is 1.47. The van der Waals surface area contributed by atoms with E-state index in [1.165, 1.54) is 28.6 Å². The maximum atomic E-state index is 13.1. The quantitative estimate of drug-likeness (QED) is 0.612. The van der Waals surface area contributed by atoms with Gasteiger partial charge < -0.3 is 10.1 Å². The summed E-state index contributed by atoms with van der Waals surface area (Å²) in [5.74, 6) is 0.104. The van der Waals surface area contributed by atoms with Crippen molar-refractivity contribution in [2.75, 3.05) is 26.2 Å². The third-order valence-electron chi connectivity index (χ3n) is 4.06. The molecule has 0 bridgehead atoms. The Kier molecular flexibility index (Phi) is 5.36. The van der Waals surface area contributed by atoms with Crippen molar-refractivity contribution in [3.63, 3.8) is 0 Å². The fourth-order valence-corrected chi connectivity index (χ4v) is 4.26. The summed E-state index contributed by atoms with van der Waals surface area (Å²) < 4.78 is 33.0. The van der Waals surface area contributed by atoms with E-state index in [9.17, 15) is 23.8 Å². The highest BCUT2D eigenvalue weighted by atomic mass is 32.2. The Hall–Kier alpha value is -3.00. The third-order valence-corrected chi connectivity index (χ3v) is 5.98. The van der Waals surface area contributed by atoms with Crippen LogP contribution in [0.5, 0.6) is 11.5 Å². The number of benzene rings is 2. The predicted octanol–water partition coefficient (Wildman–Crippen LogP) is 1.85. The van der Waals surface area contributed by atoms with Crippen molar-refractivity contribution in [3.05, 3.63) is 58.1 Å². The standard InChI is InChI=1S/C17H16N4O5S/c18-12-13-3-1-2-4-15(13)26-16-6-5-14(21(22)23)11-17(16)27(24,25)20-9-7-19-8-10-20/h1-6,11,19H,7-10H2. The van der Waals surface area contributed by atoms with Gasteiger partial charge in [0.05, 0.1) is 10.5 Å². The Bertz CT molecular complexity index is 1010. The molecule has 0 spiro atoms. The van der Waals surface area contributed by atoms with Crippen molar-refractivity contribution in [1.29, 1.82) is 5.26 Å². The van der Waals surface area contributed by atoms with Crippen molar-refractivity contribution in [2.24, 2.45) is 0 Å². The fraction of sp³-hybridized carbons (Fsp3) is 0.235. The summed E-state index contributed by atoms with van der Waals surface area (Å²) >= 11 is 0. The lowest BCUT2D eigenvalue weighted by molar-refractivity contribution is -0.385. The molecule has 0 aliphatic carbocycles. The van der Waals surface area contributed by atoms with Gasteiger partial charge in [-0.3, -0.25) is 10.1 Å². The molecule has 2 aromatic carbocycles. The van der Waals surface area contributed by atoms with Crippen LogP contribution in [0.4, 0.5) is 5.69 Å². The number of nitrogens with zero attached hydrogens (tertiary/aromatic N) is 3. The second kappa shape index (κ2) is 7.71. The number of ether oxygens (including phenoxy) is 1. The predicted molar refractivity (Wildman–Crippen MR) is 96.0 cm³/mol. The van der Waals surface area contributed by atoms with Crippen molar-refractivity contribution in [3.8, 4) is 17.6 Å². The van der Waals surface area contributed by atoms with Crippen LogP contribution in [0.3, 0.4) is 0 Å². The molecule has 0 amide bonds. The molecular weight excluding hydrogens is 372 g/mol. The van der Waals surface area contributed by atoms with Gasteiger partial charge in [-0.2, -0.15) is 9.57 Å². The fourth-order valence-electron chi connectivity index (χ4n) is 2.69. The summed E-state index contributed by atoms with van der Waals surface area (Å²) in [7, 11) is -4.01. The number of sulfonamides is 1. The summed E-state index contributed by atoms with van der Waals surface area (Å²) in [6, 6.07) is 11.7. The molecule has 0 radical (unpaired) electrons. The summed E-state index contributed by atoms with van der Waals surface area (Å²) in [6.07, 6.45) is 0. The van der Waals surface area contributed by atoms with Crippen LogP contribution in [0.1, 0.15) is 5.56 Å². The van der Waals surface area contributed by atoms with Crippen molar-refractivity contribution in [2.45, 2.75) is 4.90 Å². The highest BCUT2D eigenvalue weighted by Gasteiger charge is 2.31. The minimum absolute atomic E-state index is 0.0677. The molecule has 27 heavy (non-hydrogen) atoms.